The average molecular weight is 177 g/mol. The fourth-order valence-electron chi connectivity index (χ4n) is 1.18. The molecule has 1 fully saturated rings. The van der Waals surface area contributed by atoms with Crippen LogP contribution in [-0.2, 0) is 5.41 Å². The summed E-state index contributed by atoms with van der Waals surface area (Å²) in [6.45, 7) is 4.00. The second-order valence-corrected chi connectivity index (χ2v) is 2.91. The maximum absolute atomic E-state index is 7.21. The lowest BCUT2D eigenvalue weighted by Gasteiger charge is -2.04. The van der Waals surface area contributed by atoms with Gasteiger partial charge in [-0.05, 0) is 25.0 Å². The van der Waals surface area contributed by atoms with Crippen LogP contribution in [0.15, 0.2) is 18.3 Å². The van der Waals surface area contributed by atoms with Gasteiger partial charge in [0.05, 0.1) is 5.69 Å². The maximum Gasteiger partial charge on any atom is 0.0745 e. The van der Waals surface area contributed by atoms with E-state index < -0.39 is 0 Å². The molecule has 0 spiro atoms. The molecule has 2 rings (SSSR count). The molecule has 13 heavy (non-hydrogen) atoms. The van der Waals surface area contributed by atoms with Crippen molar-refractivity contribution >= 4 is 6.21 Å². The Morgan fingerprint density at radius 2 is 2.15 bits per heavy atom. The first-order valence-corrected chi connectivity index (χ1v) is 4.67. The number of aromatic nitrogens is 2. The SMILES string of the molecule is CC.N=CC1(c2cccnn2)CC1. The number of hydrogen-bond acceptors (Lipinski definition) is 3. The minimum atomic E-state index is -0.0474. The van der Waals surface area contributed by atoms with Gasteiger partial charge in [0.1, 0.15) is 0 Å². The molecule has 1 aromatic rings. The molecule has 1 aromatic heterocycles. The lowest BCUT2D eigenvalue weighted by Crippen LogP contribution is -2.09. The molecule has 0 radical (unpaired) electrons. The van der Waals surface area contributed by atoms with E-state index in [4.69, 9.17) is 5.41 Å². The van der Waals surface area contributed by atoms with Crippen molar-refractivity contribution in [3.63, 3.8) is 0 Å². The Hall–Kier alpha value is -1.25. The molecule has 70 valence electrons. The fraction of sp³-hybridized carbons (Fsp3) is 0.500. The zero-order valence-corrected chi connectivity index (χ0v) is 8.12. The molecule has 1 aliphatic carbocycles. The standard InChI is InChI=1S/C8H9N3.C2H6/c9-6-8(3-4-8)7-2-1-5-10-11-7;1-2/h1-2,5-6,9H,3-4H2;1-2H3. The number of rotatable bonds is 2. The molecule has 0 aliphatic heterocycles. The van der Waals surface area contributed by atoms with Crippen LogP contribution in [0.4, 0.5) is 0 Å². The van der Waals surface area contributed by atoms with E-state index in [0.717, 1.165) is 18.5 Å². The lowest BCUT2D eigenvalue weighted by atomic mass is 10.0. The monoisotopic (exact) mass is 177 g/mol. The summed E-state index contributed by atoms with van der Waals surface area (Å²) in [7, 11) is 0. The Kier molecular flexibility index (Phi) is 3.12. The van der Waals surface area contributed by atoms with Crippen molar-refractivity contribution in [2.45, 2.75) is 32.1 Å². The van der Waals surface area contributed by atoms with Crippen LogP contribution in [0.25, 0.3) is 0 Å². The van der Waals surface area contributed by atoms with E-state index in [2.05, 4.69) is 10.2 Å². The van der Waals surface area contributed by atoms with Crippen LogP contribution in [0.5, 0.6) is 0 Å². The first-order chi connectivity index (χ1) is 6.37. The van der Waals surface area contributed by atoms with Gasteiger partial charge in [0.2, 0.25) is 0 Å². The Morgan fingerprint density at radius 1 is 1.46 bits per heavy atom. The van der Waals surface area contributed by atoms with Crippen LogP contribution in [0, 0.1) is 5.41 Å². The van der Waals surface area contributed by atoms with E-state index in [9.17, 15) is 0 Å². The lowest BCUT2D eigenvalue weighted by molar-refractivity contribution is 0.839. The van der Waals surface area contributed by atoms with Crippen molar-refractivity contribution in [2.75, 3.05) is 0 Å². The highest BCUT2D eigenvalue weighted by Crippen LogP contribution is 2.44. The quantitative estimate of drug-likeness (QED) is 0.704. The van der Waals surface area contributed by atoms with Crippen molar-refractivity contribution in [2.24, 2.45) is 0 Å². The van der Waals surface area contributed by atoms with Crippen molar-refractivity contribution < 1.29 is 0 Å². The third-order valence-corrected chi connectivity index (χ3v) is 2.15. The normalized spacial score (nSPS) is 16.8. The Morgan fingerprint density at radius 3 is 2.54 bits per heavy atom. The minimum Gasteiger partial charge on any atom is -0.312 e. The summed E-state index contributed by atoms with van der Waals surface area (Å²) in [5, 5.41) is 15.0. The van der Waals surface area contributed by atoms with E-state index in [1.165, 1.54) is 6.21 Å². The van der Waals surface area contributed by atoms with E-state index in [-0.39, 0.29) is 5.41 Å². The van der Waals surface area contributed by atoms with Crippen LogP contribution >= 0.6 is 0 Å². The molecule has 0 aromatic carbocycles. The van der Waals surface area contributed by atoms with Crippen molar-refractivity contribution in [3.8, 4) is 0 Å². The van der Waals surface area contributed by atoms with E-state index in [1.54, 1.807) is 6.20 Å². The minimum absolute atomic E-state index is 0.0474. The molecule has 3 nitrogen and oxygen atoms in total. The third kappa shape index (κ3) is 1.91. The van der Waals surface area contributed by atoms with Crippen LogP contribution in [0.1, 0.15) is 32.4 Å². The molecule has 0 bridgehead atoms. The molecular weight excluding hydrogens is 162 g/mol. The van der Waals surface area contributed by atoms with Crippen molar-refractivity contribution in [3.05, 3.63) is 24.0 Å². The third-order valence-electron chi connectivity index (χ3n) is 2.15. The van der Waals surface area contributed by atoms with Crippen LogP contribution in [-0.4, -0.2) is 16.4 Å². The van der Waals surface area contributed by atoms with E-state index in [0.29, 0.717) is 0 Å². The molecule has 0 saturated heterocycles. The summed E-state index contributed by atoms with van der Waals surface area (Å²) in [4.78, 5) is 0. The highest BCUT2D eigenvalue weighted by Gasteiger charge is 2.43. The van der Waals surface area contributed by atoms with Crippen molar-refractivity contribution in [1.82, 2.24) is 10.2 Å². The number of nitrogens with zero attached hydrogens (tertiary/aromatic N) is 2. The zero-order chi connectivity index (χ0) is 9.73. The van der Waals surface area contributed by atoms with Crippen molar-refractivity contribution in [1.29, 1.82) is 5.41 Å². The molecule has 0 unspecified atom stereocenters. The van der Waals surface area contributed by atoms with Crippen LogP contribution < -0.4 is 0 Å². The van der Waals surface area contributed by atoms with Gasteiger partial charge < -0.3 is 5.41 Å². The largest absolute Gasteiger partial charge is 0.312 e. The highest BCUT2D eigenvalue weighted by molar-refractivity contribution is 5.73. The van der Waals surface area contributed by atoms with Gasteiger partial charge in [-0.2, -0.15) is 10.2 Å². The number of nitrogens with one attached hydrogen (secondary N) is 1. The smallest absolute Gasteiger partial charge is 0.0745 e. The molecule has 1 heterocycles. The first-order valence-electron chi connectivity index (χ1n) is 4.67. The number of hydrogen-bond donors (Lipinski definition) is 1. The first kappa shape index (κ1) is 9.84. The summed E-state index contributed by atoms with van der Waals surface area (Å²) in [5.74, 6) is 0. The topological polar surface area (TPSA) is 49.6 Å². The maximum atomic E-state index is 7.21. The zero-order valence-electron chi connectivity index (χ0n) is 8.12. The van der Waals surface area contributed by atoms with Gasteiger partial charge in [0, 0.05) is 17.8 Å². The van der Waals surface area contributed by atoms with Crippen LogP contribution in [0.3, 0.4) is 0 Å². The Bertz CT molecular complexity index is 265. The molecule has 0 atom stereocenters. The Labute approximate surface area is 78.7 Å². The van der Waals surface area contributed by atoms with Gasteiger partial charge in [0.25, 0.3) is 0 Å². The molecule has 1 aliphatic rings. The van der Waals surface area contributed by atoms with Gasteiger partial charge in [-0.3, -0.25) is 0 Å². The molecule has 1 saturated carbocycles. The van der Waals surface area contributed by atoms with Gasteiger partial charge in [0.15, 0.2) is 0 Å². The van der Waals surface area contributed by atoms with E-state index in [1.807, 2.05) is 26.0 Å². The molecular formula is C10H15N3. The van der Waals surface area contributed by atoms with Gasteiger partial charge in [-0.15, -0.1) is 0 Å². The van der Waals surface area contributed by atoms with E-state index >= 15 is 0 Å². The van der Waals surface area contributed by atoms with Gasteiger partial charge in [-0.1, -0.05) is 13.8 Å². The molecule has 3 heteroatoms. The fourth-order valence-corrected chi connectivity index (χ4v) is 1.18. The van der Waals surface area contributed by atoms with Gasteiger partial charge in [-0.25, -0.2) is 0 Å². The highest BCUT2D eigenvalue weighted by atomic mass is 15.1. The average Bonchev–Trinajstić information content (AvgIpc) is 3.03. The van der Waals surface area contributed by atoms with Crippen LogP contribution in [0.2, 0.25) is 0 Å². The predicted octanol–water partition coefficient (Wildman–Crippen LogP) is 2.18. The summed E-state index contributed by atoms with van der Waals surface area (Å²) >= 11 is 0. The molecule has 0 amide bonds. The summed E-state index contributed by atoms with van der Waals surface area (Å²) < 4.78 is 0. The second-order valence-electron chi connectivity index (χ2n) is 2.91. The Balaban J connectivity index is 0.000000396. The molecule has 1 N–H and O–H groups in total. The summed E-state index contributed by atoms with van der Waals surface area (Å²) in [6.07, 6.45) is 5.24. The summed E-state index contributed by atoms with van der Waals surface area (Å²) in [6, 6.07) is 3.80. The second kappa shape index (κ2) is 4.12. The summed E-state index contributed by atoms with van der Waals surface area (Å²) in [5.41, 5.74) is 0.892. The predicted molar refractivity (Wildman–Crippen MR) is 53.1 cm³/mol. The van der Waals surface area contributed by atoms with Gasteiger partial charge >= 0.3 is 0 Å².